The Morgan fingerprint density at radius 2 is 1.44 bits per heavy atom. The summed E-state index contributed by atoms with van der Waals surface area (Å²) in [5, 5.41) is 0. The van der Waals surface area contributed by atoms with E-state index in [-0.39, 0.29) is 0 Å². The Kier molecular flexibility index (Phi) is 7.32. The number of nitrogens with two attached hydrogens (primary N) is 1. The molecule has 0 saturated heterocycles. The number of ether oxygens (including phenoxy) is 3. The summed E-state index contributed by atoms with van der Waals surface area (Å²) in [7, 11) is 0. The summed E-state index contributed by atoms with van der Waals surface area (Å²) in [6.45, 7) is 3.95. The van der Waals surface area contributed by atoms with Crippen molar-refractivity contribution in [2.24, 2.45) is 17.6 Å². The minimum Gasteiger partial charge on any atom is -0.457 e. The predicted octanol–water partition coefficient (Wildman–Crippen LogP) is 5.97. The predicted molar refractivity (Wildman–Crippen MR) is 134 cm³/mol. The first-order valence-electron chi connectivity index (χ1n) is 12.4. The van der Waals surface area contributed by atoms with Crippen LogP contribution in [0.15, 0.2) is 72.8 Å². The second kappa shape index (κ2) is 10.9. The number of hydrogen-bond donors (Lipinski definition) is 1. The molecule has 34 heavy (non-hydrogen) atoms. The van der Waals surface area contributed by atoms with E-state index in [4.69, 9.17) is 19.9 Å². The fourth-order valence-corrected chi connectivity index (χ4v) is 5.09. The van der Waals surface area contributed by atoms with Crippen molar-refractivity contribution >= 4 is 0 Å². The van der Waals surface area contributed by atoms with Crippen LogP contribution in [0.4, 0.5) is 0 Å². The number of para-hydroxylation sites is 1. The van der Waals surface area contributed by atoms with E-state index in [0.29, 0.717) is 18.6 Å². The second-order valence-electron chi connectivity index (χ2n) is 9.54. The van der Waals surface area contributed by atoms with Crippen LogP contribution in [0.2, 0.25) is 0 Å². The van der Waals surface area contributed by atoms with Gasteiger partial charge in [0.2, 0.25) is 6.79 Å². The van der Waals surface area contributed by atoms with Crippen molar-refractivity contribution in [3.8, 4) is 23.0 Å². The Bertz CT molecular complexity index is 1060. The molecule has 0 aromatic heterocycles. The molecule has 5 heteroatoms. The van der Waals surface area contributed by atoms with Crippen LogP contribution < -0.4 is 19.9 Å². The second-order valence-corrected chi connectivity index (χ2v) is 9.54. The molecule has 178 valence electrons. The Hall–Kier alpha value is -3.02. The molecule has 1 fully saturated rings. The number of hydrogen-bond acceptors (Lipinski definition) is 5. The molecule has 0 atom stereocenters. The maximum Gasteiger partial charge on any atom is 0.231 e. The zero-order chi connectivity index (χ0) is 23.2. The molecule has 3 aromatic rings. The molecule has 0 unspecified atom stereocenters. The van der Waals surface area contributed by atoms with Crippen molar-refractivity contribution < 1.29 is 14.2 Å². The summed E-state index contributed by atoms with van der Waals surface area (Å²) in [4.78, 5) is 2.56. The lowest BCUT2D eigenvalue weighted by molar-refractivity contribution is 0.169. The fourth-order valence-electron chi connectivity index (χ4n) is 5.09. The summed E-state index contributed by atoms with van der Waals surface area (Å²) in [6.07, 6.45) is 5.02. The minimum absolute atomic E-state index is 0.307. The molecule has 0 bridgehead atoms. The molecule has 2 N–H and O–H groups in total. The third-order valence-corrected chi connectivity index (χ3v) is 6.94. The third kappa shape index (κ3) is 5.91. The highest BCUT2D eigenvalue weighted by atomic mass is 16.7. The van der Waals surface area contributed by atoms with E-state index in [0.717, 1.165) is 49.2 Å². The van der Waals surface area contributed by atoms with Crippen LogP contribution in [-0.4, -0.2) is 24.8 Å². The van der Waals surface area contributed by atoms with Gasteiger partial charge in [-0.1, -0.05) is 36.4 Å². The SMILES string of the molecule is NCC1CCC(CN(Cc2cccc(Oc3ccccc3)c2)Cc2ccc3c(c2)OCO3)CC1. The van der Waals surface area contributed by atoms with Gasteiger partial charge in [-0.2, -0.15) is 0 Å². The van der Waals surface area contributed by atoms with Crippen molar-refractivity contribution in [3.05, 3.63) is 83.9 Å². The molecule has 3 aromatic carbocycles. The lowest BCUT2D eigenvalue weighted by atomic mass is 9.82. The van der Waals surface area contributed by atoms with Gasteiger partial charge in [0, 0.05) is 19.6 Å². The highest BCUT2D eigenvalue weighted by Crippen LogP contribution is 2.34. The molecule has 0 amide bonds. The van der Waals surface area contributed by atoms with Crippen LogP contribution in [0.1, 0.15) is 36.8 Å². The van der Waals surface area contributed by atoms with Gasteiger partial charge in [-0.3, -0.25) is 4.90 Å². The van der Waals surface area contributed by atoms with E-state index in [1.165, 1.54) is 36.8 Å². The lowest BCUT2D eigenvalue weighted by Gasteiger charge is -2.32. The fraction of sp³-hybridized carbons (Fsp3) is 0.379. The maximum atomic E-state index is 6.08. The van der Waals surface area contributed by atoms with Gasteiger partial charge in [-0.15, -0.1) is 0 Å². The van der Waals surface area contributed by atoms with Crippen molar-refractivity contribution in [1.29, 1.82) is 0 Å². The number of rotatable bonds is 9. The van der Waals surface area contributed by atoms with E-state index in [1.807, 2.05) is 42.5 Å². The molecule has 0 radical (unpaired) electrons. The van der Waals surface area contributed by atoms with Crippen LogP contribution in [0.25, 0.3) is 0 Å². The van der Waals surface area contributed by atoms with Crippen LogP contribution in [0, 0.1) is 11.8 Å². The zero-order valence-corrected chi connectivity index (χ0v) is 19.7. The zero-order valence-electron chi connectivity index (χ0n) is 19.7. The molecular weight excluding hydrogens is 424 g/mol. The summed E-state index contributed by atoms with van der Waals surface area (Å²) in [5.41, 5.74) is 8.43. The summed E-state index contributed by atoms with van der Waals surface area (Å²) < 4.78 is 17.2. The molecule has 1 aliphatic carbocycles. The smallest absolute Gasteiger partial charge is 0.231 e. The van der Waals surface area contributed by atoms with Gasteiger partial charge in [0.1, 0.15) is 11.5 Å². The first-order valence-corrected chi connectivity index (χ1v) is 12.4. The van der Waals surface area contributed by atoms with E-state index >= 15 is 0 Å². The summed E-state index contributed by atoms with van der Waals surface area (Å²) >= 11 is 0. The number of nitrogens with zero attached hydrogens (tertiary/aromatic N) is 1. The monoisotopic (exact) mass is 458 g/mol. The largest absolute Gasteiger partial charge is 0.457 e. The first-order chi connectivity index (χ1) is 16.7. The van der Waals surface area contributed by atoms with Crippen LogP contribution in [0.3, 0.4) is 0 Å². The van der Waals surface area contributed by atoms with Gasteiger partial charge >= 0.3 is 0 Å². The van der Waals surface area contributed by atoms with Gasteiger partial charge in [-0.05, 0) is 91.6 Å². The highest BCUT2D eigenvalue weighted by Gasteiger charge is 2.23. The van der Waals surface area contributed by atoms with Gasteiger partial charge in [-0.25, -0.2) is 0 Å². The Labute approximate surface area is 202 Å². The van der Waals surface area contributed by atoms with E-state index in [2.05, 4.69) is 35.2 Å². The molecule has 1 heterocycles. The van der Waals surface area contributed by atoms with Gasteiger partial charge in [0.05, 0.1) is 0 Å². The van der Waals surface area contributed by atoms with Crippen LogP contribution >= 0.6 is 0 Å². The topological polar surface area (TPSA) is 57.0 Å². The summed E-state index contributed by atoms with van der Waals surface area (Å²) in [5.74, 6) is 4.81. The Morgan fingerprint density at radius 1 is 0.735 bits per heavy atom. The maximum absolute atomic E-state index is 6.08. The molecule has 1 aliphatic heterocycles. The van der Waals surface area contributed by atoms with Crippen molar-refractivity contribution in [2.45, 2.75) is 38.8 Å². The molecule has 0 spiro atoms. The average Bonchev–Trinajstić information content (AvgIpc) is 3.33. The molecular formula is C29H34N2O3. The first kappa shape index (κ1) is 22.8. The van der Waals surface area contributed by atoms with E-state index < -0.39 is 0 Å². The molecule has 2 aliphatic rings. The third-order valence-electron chi connectivity index (χ3n) is 6.94. The highest BCUT2D eigenvalue weighted by molar-refractivity contribution is 5.44. The molecule has 1 saturated carbocycles. The Balaban J connectivity index is 1.30. The van der Waals surface area contributed by atoms with Crippen LogP contribution in [0.5, 0.6) is 23.0 Å². The molecule has 5 nitrogen and oxygen atoms in total. The van der Waals surface area contributed by atoms with Crippen molar-refractivity contribution in [1.82, 2.24) is 4.90 Å². The van der Waals surface area contributed by atoms with E-state index in [1.54, 1.807) is 0 Å². The standard InChI is InChI=1S/C29H34N2O3/c30-17-22-9-11-23(12-10-22)18-31(20-25-13-14-28-29(16-25)33-21-32-28)19-24-5-4-8-27(15-24)34-26-6-2-1-3-7-26/h1-8,13-16,22-23H,9-12,17-21,30H2. The Morgan fingerprint density at radius 3 is 2.24 bits per heavy atom. The van der Waals surface area contributed by atoms with Gasteiger partial charge in [0.15, 0.2) is 11.5 Å². The average molecular weight is 459 g/mol. The minimum atomic E-state index is 0.307. The van der Waals surface area contributed by atoms with Crippen molar-refractivity contribution in [2.75, 3.05) is 19.9 Å². The lowest BCUT2D eigenvalue weighted by Crippen LogP contribution is -2.32. The number of benzene rings is 3. The van der Waals surface area contributed by atoms with Crippen LogP contribution in [-0.2, 0) is 13.1 Å². The quantitative estimate of drug-likeness (QED) is 0.428. The molecule has 5 rings (SSSR count). The van der Waals surface area contributed by atoms with E-state index in [9.17, 15) is 0 Å². The van der Waals surface area contributed by atoms with Crippen molar-refractivity contribution in [3.63, 3.8) is 0 Å². The van der Waals surface area contributed by atoms with Gasteiger partial charge < -0.3 is 19.9 Å². The summed E-state index contributed by atoms with van der Waals surface area (Å²) in [6, 6.07) is 24.7. The number of fused-ring (bicyclic) bond motifs is 1. The van der Waals surface area contributed by atoms with Gasteiger partial charge in [0.25, 0.3) is 0 Å². The normalized spacial score (nSPS) is 19.4.